The third-order valence-corrected chi connectivity index (χ3v) is 3.41. The zero-order chi connectivity index (χ0) is 17.2. The average Bonchev–Trinajstić information content (AvgIpc) is 2.76. The van der Waals surface area contributed by atoms with Crippen LogP contribution in [0.15, 0.2) is 42.5 Å². The van der Waals surface area contributed by atoms with Crippen molar-refractivity contribution in [1.82, 2.24) is 4.90 Å². The Labute approximate surface area is 136 Å². The summed E-state index contributed by atoms with van der Waals surface area (Å²) in [6, 6.07) is 8.64. The van der Waals surface area contributed by atoms with Crippen LogP contribution in [0.25, 0.3) is 0 Å². The van der Waals surface area contributed by atoms with Crippen molar-refractivity contribution in [3.05, 3.63) is 48.0 Å². The molecule has 5 nitrogen and oxygen atoms in total. The highest BCUT2D eigenvalue weighted by molar-refractivity contribution is 5.86. The molecule has 0 saturated carbocycles. The van der Waals surface area contributed by atoms with Gasteiger partial charge in [0.1, 0.15) is 5.60 Å². The van der Waals surface area contributed by atoms with E-state index in [0.29, 0.717) is 5.57 Å². The summed E-state index contributed by atoms with van der Waals surface area (Å²) in [7, 11) is 0. The number of amides is 1. The number of cyclic esters (lactones) is 1. The highest BCUT2D eigenvalue weighted by Gasteiger charge is 2.48. The predicted octanol–water partition coefficient (Wildman–Crippen LogP) is 3.29. The lowest BCUT2D eigenvalue weighted by Crippen LogP contribution is -2.46. The molecule has 0 unspecified atom stereocenters. The molecule has 0 radical (unpaired) electrons. The monoisotopic (exact) mass is 317 g/mol. The minimum absolute atomic E-state index is 0.285. The van der Waals surface area contributed by atoms with Crippen molar-refractivity contribution in [1.29, 1.82) is 0 Å². The van der Waals surface area contributed by atoms with Gasteiger partial charge in [-0.25, -0.2) is 9.59 Å². The first-order valence-corrected chi connectivity index (χ1v) is 7.58. The summed E-state index contributed by atoms with van der Waals surface area (Å²) in [4.78, 5) is 26.2. The standard InChI is InChI=1S/C18H23NO4/c1-12(2)15-14(16(20)23-18(3,4)5)19(17(21)22-15)11-13-9-7-6-8-10-13/h6-10,14-15H,1,11H2,2-5H3/t14-,15-/m0/s1. The Morgan fingerprint density at radius 1 is 1.30 bits per heavy atom. The molecule has 1 aliphatic heterocycles. The maximum Gasteiger partial charge on any atom is 0.411 e. The molecule has 1 aliphatic rings. The van der Waals surface area contributed by atoms with Gasteiger partial charge in [0, 0.05) is 0 Å². The number of rotatable bonds is 4. The van der Waals surface area contributed by atoms with Gasteiger partial charge in [-0.15, -0.1) is 0 Å². The molecule has 2 atom stereocenters. The second-order valence-electron chi connectivity index (χ2n) is 6.74. The van der Waals surface area contributed by atoms with E-state index in [9.17, 15) is 9.59 Å². The molecule has 2 rings (SSSR count). The summed E-state index contributed by atoms with van der Waals surface area (Å²) in [6.45, 7) is 11.2. The Morgan fingerprint density at radius 2 is 1.91 bits per heavy atom. The average molecular weight is 317 g/mol. The number of hydrogen-bond donors (Lipinski definition) is 0. The van der Waals surface area contributed by atoms with Crippen LogP contribution in [0.3, 0.4) is 0 Å². The van der Waals surface area contributed by atoms with Crippen LogP contribution < -0.4 is 0 Å². The van der Waals surface area contributed by atoms with Crippen LogP contribution in [-0.2, 0) is 20.8 Å². The van der Waals surface area contributed by atoms with Gasteiger partial charge >= 0.3 is 12.1 Å². The highest BCUT2D eigenvalue weighted by atomic mass is 16.6. The zero-order valence-electron chi connectivity index (χ0n) is 14.0. The molecular weight excluding hydrogens is 294 g/mol. The van der Waals surface area contributed by atoms with Crippen molar-refractivity contribution < 1.29 is 19.1 Å². The van der Waals surface area contributed by atoms with Crippen LogP contribution in [0.2, 0.25) is 0 Å². The van der Waals surface area contributed by atoms with E-state index in [0.717, 1.165) is 5.56 Å². The topological polar surface area (TPSA) is 55.8 Å². The van der Waals surface area contributed by atoms with Gasteiger partial charge in [-0.1, -0.05) is 36.9 Å². The molecule has 124 valence electrons. The van der Waals surface area contributed by atoms with Gasteiger partial charge in [-0.3, -0.25) is 4.90 Å². The third kappa shape index (κ3) is 4.12. The van der Waals surface area contributed by atoms with Gasteiger partial charge in [0.15, 0.2) is 12.1 Å². The Kier molecular flexibility index (Phi) is 4.78. The first-order valence-electron chi connectivity index (χ1n) is 7.58. The van der Waals surface area contributed by atoms with Crippen LogP contribution in [0, 0.1) is 0 Å². The van der Waals surface area contributed by atoms with Crippen LogP contribution in [0.5, 0.6) is 0 Å². The molecule has 1 saturated heterocycles. The van der Waals surface area contributed by atoms with Crippen molar-refractivity contribution in [2.24, 2.45) is 0 Å². The minimum Gasteiger partial charge on any atom is -0.458 e. The molecule has 1 heterocycles. The van der Waals surface area contributed by atoms with Crippen LogP contribution in [0.4, 0.5) is 4.79 Å². The van der Waals surface area contributed by atoms with E-state index in [1.807, 2.05) is 30.3 Å². The van der Waals surface area contributed by atoms with Crippen LogP contribution in [0.1, 0.15) is 33.3 Å². The molecule has 0 aliphatic carbocycles. The summed E-state index contributed by atoms with van der Waals surface area (Å²) in [6.07, 6.45) is -1.22. The summed E-state index contributed by atoms with van der Waals surface area (Å²) in [5.41, 5.74) is 0.894. The maximum atomic E-state index is 12.6. The highest BCUT2D eigenvalue weighted by Crippen LogP contribution is 2.28. The normalized spacial score (nSPS) is 21.0. The van der Waals surface area contributed by atoms with E-state index >= 15 is 0 Å². The largest absolute Gasteiger partial charge is 0.458 e. The molecule has 0 N–H and O–H groups in total. The Morgan fingerprint density at radius 3 is 2.43 bits per heavy atom. The number of nitrogens with zero attached hydrogens (tertiary/aromatic N) is 1. The predicted molar refractivity (Wildman–Crippen MR) is 86.7 cm³/mol. The van der Waals surface area contributed by atoms with Crippen molar-refractivity contribution in [2.45, 2.75) is 52.0 Å². The third-order valence-electron chi connectivity index (χ3n) is 3.41. The lowest BCUT2D eigenvalue weighted by Gasteiger charge is -2.27. The van der Waals surface area contributed by atoms with Gasteiger partial charge in [0.25, 0.3) is 0 Å². The van der Waals surface area contributed by atoms with E-state index in [4.69, 9.17) is 9.47 Å². The molecule has 1 aromatic rings. The van der Waals surface area contributed by atoms with Crippen molar-refractivity contribution >= 4 is 12.1 Å². The van der Waals surface area contributed by atoms with Crippen molar-refractivity contribution in [3.63, 3.8) is 0 Å². The second-order valence-corrected chi connectivity index (χ2v) is 6.74. The SMILES string of the molecule is C=C(C)[C@@H]1OC(=O)N(Cc2ccccc2)[C@@H]1C(=O)OC(C)(C)C. The number of carbonyl (C=O) groups is 2. The zero-order valence-corrected chi connectivity index (χ0v) is 14.0. The molecule has 1 fully saturated rings. The van der Waals surface area contributed by atoms with Gasteiger partial charge in [0.05, 0.1) is 6.54 Å². The molecule has 5 heteroatoms. The molecule has 0 bridgehead atoms. The van der Waals surface area contributed by atoms with Crippen LogP contribution in [-0.4, -0.2) is 34.7 Å². The van der Waals surface area contributed by atoms with Gasteiger partial charge in [-0.05, 0) is 38.8 Å². The fourth-order valence-electron chi connectivity index (χ4n) is 2.44. The smallest absolute Gasteiger partial charge is 0.411 e. The van der Waals surface area contributed by atoms with E-state index in [1.54, 1.807) is 27.7 Å². The first kappa shape index (κ1) is 17.1. The molecule has 0 aromatic heterocycles. The Hall–Kier alpha value is -2.30. The summed E-state index contributed by atoms with van der Waals surface area (Å²) < 4.78 is 10.8. The quantitative estimate of drug-likeness (QED) is 0.631. The summed E-state index contributed by atoms with van der Waals surface area (Å²) >= 11 is 0. The maximum absolute atomic E-state index is 12.6. The van der Waals surface area contributed by atoms with E-state index < -0.39 is 29.8 Å². The van der Waals surface area contributed by atoms with E-state index in [1.165, 1.54) is 4.90 Å². The second kappa shape index (κ2) is 6.44. The fraction of sp³-hybridized carbons (Fsp3) is 0.444. The summed E-state index contributed by atoms with van der Waals surface area (Å²) in [5.74, 6) is -0.479. The Bertz CT molecular complexity index is 603. The molecule has 0 spiro atoms. The van der Waals surface area contributed by atoms with Crippen molar-refractivity contribution in [3.8, 4) is 0 Å². The lowest BCUT2D eigenvalue weighted by molar-refractivity contribution is -0.160. The number of benzene rings is 1. The van der Waals surface area contributed by atoms with E-state index in [-0.39, 0.29) is 6.54 Å². The van der Waals surface area contributed by atoms with Gasteiger partial charge in [0.2, 0.25) is 0 Å². The molecule has 23 heavy (non-hydrogen) atoms. The number of hydrogen-bond acceptors (Lipinski definition) is 4. The Balaban J connectivity index is 2.27. The number of ether oxygens (including phenoxy) is 2. The molecular formula is C18H23NO4. The van der Waals surface area contributed by atoms with Gasteiger partial charge < -0.3 is 9.47 Å². The lowest BCUT2D eigenvalue weighted by atomic mass is 10.0. The number of carbonyl (C=O) groups excluding carboxylic acids is 2. The summed E-state index contributed by atoms with van der Waals surface area (Å²) in [5, 5.41) is 0. The van der Waals surface area contributed by atoms with Crippen molar-refractivity contribution in [2.75, 3.05) is 0 Å². The van der Waals surface area contributed by atoms with E-state index in [2.05, 4.69) is 6.58 Å². The first-order chi connectivity index (χ1) is 10.7. The number of esters is 1. The fourth-order valence-corrected chi connectivity index (χ4v) is 2.44. The molecule has 1 aromatic carbocycles. The van der Waals surface area contributed by atoms with Crippen LogP contribution >= 0.6 is 0 Å². The molecule has 1 amide bonds. The van der Waals surface area contributed by atoms with Gasteiger partial charge in [-0.2, -0.15) is 0 Å². The minimum atomic E-state index is -0.820.